The largest absolute Gasteiger partial charge is 0.351 e. The van der Waals surface area contributed by atoms with Crippen LogP contribution in [0.25, 0.3) is 17.1 Å². The fourth-order valence-corrected chi connectivity index (χ4v) is 6.70. The first-order valence-corrected chi connectivity index (χ1v) is 14.3. The Labute approximate surface area is 206 Å². The van der Waals surface area contributed by atoms with Crippen LogP contribution in [0.1, 0.15) is 57.1 Å². The van der Waals surface area contributed by atoms with Gasteiger partial charge in [0, 0.05) is 24.5 Å². The third kappa shape index (κ3) is 5.19. The van der Waals surface area contributed by atoms with Crippen LogP contribution in [0.2, 0.25) is 0 Å². The zero-order valence-electron chi connectivity index (χ0n) is 20.4. The number of nitrogens with zero attached hydrogens (tertiary/aromatic N) is 4. The SMILES string of the molecule is Cc1cccc(-n2c(-c3ccnc(NC4CCC(C)CC4)n3)cn(C3CCS(=O)(=O)CC3)c2=O)c1. The van der Waals surface area contributed by atoms with Crippen molar-refractivity contribution in [1.82, 2.24) is 19.1 Å². The number of aryl methyl sites for hydroxylation is 1. The molecule has 0 spiro atoms. The summed E-state index contributed by atoms with van der Waals surface area (Å²) in [5.74, 6) is 1.55. The Kier molecular flexibility index (Phi) is 6.53. The molecule has 0 radical (unpaired) electrons. The quantitative estimate of drug-likeness (QED) is 0.571. The summed E-state index contributed by atoms with van der Waals surface area (Å²) < 4.78 is 27.3. The van der Waals surface area contributed by atoms with Crippen LogP contribution in [0.5, 0.6) is 0 Å². The summed E-state index contributed by atoms with van der Waals surface area (Å²) in [6.07, 6.45) is 9.04. The summed E-state index contributed by atoms with van der Waals surface area (Å²) in [6, 6.07) is 9.84. The molecular formula is C26H33N5O3S. The lowest BCUT2D eigenvalue weighted by Crippen LogP contribution is -2.32. The van der Waals surface area contributed by atoms with Gasteiger partial charge in [-0.2, -0.15) is 0 Å². The Balaban J connectivity index is 1.53. The molecule has 3 aromatic rings. The summed E-state index contributed by atoms with van der Waals surface area (Å²) in [4.78, 5) is 22.9. The number of anilines is 1. The molecule has 0 unspecified atom stereocenters. The molecule has 186 valence electrons. The van der Waals surface area contributed by atoms with Crippen molar-refractivity contribution in [2.24, 2.45) is 5.92 Å². The maximum atomic E-state index is 13.7. The van der Waals surface area contributed by atoms with Gasteiger partial charge in [0.05, 0.1) is 28.6 Å². The molecule has 1 saturated heterocycles. The average molecular weight is 496 g/mol. The van der Waals surface area contributed by atoms with Crippen LogP contribution in [0, 0.1) is 12.8 Å². The smallest absolute Gasteiger partial charge is 0.333 e. The van der Waals surface area contributed by atoms with Crippen molar-refractivity contribution in [3.8, 4) is 17.1 Å². The van der Waals surface area contributed by atoms with Crippen molar-refractivity contribution in [2.45, 2.75) is 64.5 Å². The van der Waals surface area contributed by atoms with Gasteiger partial charge in [-0.15, -0.1) is 0 Å². The normalized spacial score (nSPS) is 22.7. The fraction of sp³-hybridized carbons (Fsp3) is 0.500. The molecule has 3 heterocycles. The molecule has 1 N–H and O–H groups in total. The fourth-order valence-electron chi connectivity index (χ4n) is 5.24. The first-order valence-electron chi connectivity index (χ1n) is 12.5. The molecule has 35 heavy (non-hydrogen) atoms. The van der Waals surface area contributed by atoms with E-state index in [9.17, 15) is 13.2 Å². The molecule has 0 amide bonds. The molecule has 0 bridgehead atoms. The van der Waals surface area contributed by atoms with Crippen molar-refractivity contribution in [3.63, 3.8) is 0 Å². The van der Waals surface area contributed by atoms with E-state index in [1.54, 1.807) is 15.3 Å². The summed E-state index contributed by atoms with van der Waals surface area (Å²) in [6.45, 7) is 4.29. The minimum atomic E-state index is -3.02. The summed E-state index contributed by atoms with van der Waals surface area (Å²) in [5, 5.41) is 3.49. The number of sulfone groups is 1. The number of benzene rings is 1. The summed E-state index contributed by atoms with van der Waals surface area (Å²) in [5.41, 5.74) is 2.98. The van der Waals surface area contributed by atoms with Gasteiger partial charge in [-0.1, -0.05) is 19.1 Å². The van der Waals surface area contributed by atoms with Crippen molar-refractivity contribution < 1.29 is 8.42 Å². The average Bonchev–Trinajstić information content (AvgIpc) is 3.18. The molecule has 0 atom stereocenters. The third-order valence-corrected chi connectivity index (χ3v) is 9.07. The van der Waals surface area contributed by atoms with Crippen molar-refractivity contribution in [2.75, 3.05) is 16.8 Å². The minimum absolute atomic E-state index is 0.108. The van der Waals surface area contributed by atoms with Crippen LogP contribution in [-0.4, -0.2) is 45.1 Å². The first kappa shape index (κ1) is 23.8. The molecule has 2 aromatic heterocycles. The van der Waals surface area contributed by atoms with Gasteiger partial charge in [-0.05, 0) is 75.1 Å². The highest BCUT2D eigenvalue weighted by molar-refractivity contribution is 7.91. The van der Waals surface area contributed by atoms with Gasteiger partial charge in [0.25, 0.3) is 0 Å². The van der Waals surface area contributed by atoms with E-state index in [1.807, 2.05) is 43.5 Å². The van der Waals surface area contributed by atoms with Crippen molar-refractivity contribution in [1.29, 1.82) is 0 Å². The van der Waals surface area contributed by atoms with E-state index in [4.69, 9.17) is 4.98 Å². The lowest BCUT2D eigenvalue weighted by Gasteiger charge is -2.26. The monoisotopic (exact) mass is 495 g/mol. The molecule has 1 aromatic carbocycles. The number of rotatable bonds is 5. The van der Waals surface area contributed by atoms with E-state index in [-0.39, 0.29) is 23.2 Å². The molecule has 5 rings (SSSR count). The second kappa shape index (κ2) is 9.60. The molecule has 9 heteroatoms. The zero-order chi connectivity index (χ0) is 24.6. The molecule has 2 fully saturated rings. The molecule has 1 saturated carbocycles. The summed E-state index contributed by atoms with van der Waals surface area (Å²) in [7, 11) is -3.02. The lowest BCUT2D eigenvalue weighted by atomic mass is 9.87. The van der Waals surface area contributed by atoms with E-state index >= 15 is 0 Å². The van der Waals surface area contributed by atoms with Crippen LogP contribution in [0.4, 0.5) is 5.95 Å². The van der Waals surface area contributed by atoms with Crippen LogP contribution >= 0.6 is 0 Å². The molecule has 1 aliphatic carbocycles. The van der Waals surface area contributed by atoms with E-state index in [2.05, 4.69) is 17.2 Å². The predicted octanol–water partition coefficient (Wildman–Crippen LogP) is 4.14. The Morgan fingerprint density at radius 2 is 1.77 bits per heavy atom. The Morgan fingerprint density at radius 3 is 2.49 bits per heavy atom. The van der Waals surface area contributed by atoms with Crippen molar-refractivity contribution in [3.05, 3.63) is 58.8 Å². The first-order chi connectivity index (χ1) is 16.8. The van der Waals surface area contributed by atoms with Crippen LogP contribution in [0.3, 0.4) is 0 Å². The second-order valence-corrected chi connectivity index (χ2v) is 12.4. The topological polar surface area (TPSA) is 98.9 Å². The molecule has 1 aliphatic heterocycles. The van der Waals surface area contributed by atoms with Gasteiger partial charge in [-0.25, -0.2) is 23.2 Å². The van der Waals surface area contributed by atoms with Crippen LogP contribution < -0.4 is 11.0 Å². The lowest BCUT2D eigenvalue weighted by molar-refractivity contribution is 0.360. The number of hydrogen-bond acceptors (Lipinski definition) is 6. The molecule has 2 aliphatic rings. The van der Waals surface area contributed by atoms with E-state index < -0.39 is 9.84 Å². The van der Waals surface area contributed by atoms with Gasteiger partial charge >= 0.3 is 5.69 Å². The number of aromatic nitrogens is 4. The van der Waals surface area contributed by atoms with Gasteiger partial charge in [0.15, 0.2) is 0 Å². The Morgan fingerprint density at radius 1 is 1.03 bits per heavy atom. The predicted molar refractivity (Wildman–Crippen MR) is 138 cm³/mol. The van der Waals surface area contributed by atoms with E-state index in [1.165, 1.54) is 12.8 Å². The highest BCUT2D eigenvalue weighted by atomic mass is 32.2. The highest BCUT2D eigenvalue weighted by Gasteiger charge is 2.28. The Bertz CT molecular complexity index is 1360. The molecular weight excluding hydrogens is 462 g/mol. The van der Waals surface area contributed by atoms with Crippen molar-refractivity contribution >= 4 is 15.8 Å². The van der Waals surface area contributed by atoms with Gasteiger partial charge in [-0.3, -0.25) is 9.13 Å². The third-order valence-electron chi connectivity index (χ3n) is 7.36. The van der Waals surface area contributed by atoms with Crippen LogP contribution in [0.15, 0.2) is 47.5 Å². The maximum absolute atomic E-state index is 13.7. The minimum Gasteiger partial charge on any atom is -0.351 e. The van der Waals surface area contributed by atoms with Gasteiger partial charge in [0.2, 0.25) is 5.95 Å². The second-order valence-electron chi connectivity index (χ2n) is 10.1. The number of hydrogen-bond donors (Lipinski definition) is 1. The van der Waals surface area contributed by atoms with Gasteiger partial charge in [0.1, 0.15) is 9.84 Å². The number of imidazole rings is 1. The zero-order valence-corrected chi connectivity index (χ0v) is 21.2. The van der Waals surface area contributed by atoms with Crippen LogP contribution in [-0.2, 0) is 9.84 Å². The van der Waals surface area contributed by atoms with E-state index in [0.717, 1.165) is 30.0 Å². The van der Waals surface area contributed by atoms with E-state index in [0.29, 0.717) is 36.2 Å². The van der Waals surface area contributed by atoms with Gasteiger partial charge < -0.3 is 5.32 Å². The highest BCUT2D eigenvalue weighted by Crippen LogP contribution is 2.29. The standard InChI is InChI=1S/C26H33N5O3S/c1-18-6-8-20(9-7-18)28-25-27-13-10-23(29-25)24-17-30(21-11-14-35(33,34)15-12-21)26(32)31(24)22-5-3-4-19(2)16-22/h3-5,10,13,16-18,20-21H,6-9,11-12,14-15H2,1-2H3,(H,27,28,29). The number of nitrogens with one attached hydrogen (secondary N) is 1. The summed E-state index contributed by atoms with van der Waals surface area (Å²) >= 11 is 0. The molecule has 8 nitrogen and oxygen atoms in total. The Hall–Kier alpha value is -2.94. The maximum Gasteiger partial charge on any atom is 0.333 e.